The van der Waals surface area contributed by atoms with Gasteiger partial charge in [0.2, 0.25) is 0 Å². The molecule has 6 nitrogen and oxygen atoms in total. The van der Waals surface area contributed by atoms with Crippen LogP contribution < -0.4 is 21.5 Å². The maximum Gasteiger partial charge on any atom is 0.133 e. The molecule has 4 rings (SSSR count). The third-order valence-corrected chi connectivity index (χ3v) is 5.00. The lowest BCUT2D eigenvalue weighted by Gasteiger charge is -2.35. The zero-order chi connectivity index (χ0) is 14.2. The zero-order valence-corrected chi connectivity index (χ0v) is 12.3. The molecule has 0 spiro atoms. The maximum absolute atomic E-state index is 5.90. The van der Waals surface area contributed by atoms with Crippen molar-refractivity contribution in [1.82, 2.24) is 20.8 Å². The summed E-state index contributed by atoms with van der Waals surface area (Å²) in [7, 11) is 0. The summed E-state index contributed by atoms with van der Waals surface area (Å²) in [6, 6.07) is 2.58. The van der Waals surface area contributed by atoms with Gasteiger partial charge in [0.15, 0.2) is 0 Å². The normalized spacial score (nSPS) is 30.8. The molecule has 114 valence electrons. The van der Waals surface area contributed by atoms with E-state index < -0.39 is 0 Å². The van der Waals surface area contributed by atoms with Crippen LogP contribution in [0.25, 0.3) is 0 Å². The lowest BCUT2D eigenvalue weighted by Crippen LogP contribution is -2.43. The summed E-state index contributed by atoms with van der Waals surface area (Å²) in [5.74, 6) is 3.49. The van der Waals surface area contributed by atoms with E-state index in [0.29, 0.717) is 17.9 Å². The molecular formula is C15H24N6. The molecule has 1 aromatic heterocycles. The van der Waals surface area contributed by atoms with Gasteiger partial charge in [-0.1, -0.05) is 0 Å². The van der Waals surface area contributed by atoms with Crippen LogP contribution in [0.5, 0.6) is 0 Å². The third kappa shape index (κ3) is 2.88. The van der Waals surface area contributed by atoms with Gasteiger partial charge in [0, 0.05) is 31.2 Å². The van der Waals surface area contributed by atoms with E-state index in [2.05, 4.69) is 26.8 Å². The molecule has 6 heteroatoms. The van der Waals surface area contributed by atoms with Crippen molar-refractivity contribution in [3.8, 4) is 0 Å². The number of anilines is 1. The highest BCUT2D eigenvalue weighted by molar-refractivity contribution is 5.38. The van der Waals surface area contributed by atoms with Gasteiger partial charge < -0.3 is 10.6 Å². The average molecular weight is 288 g/mol. The van der Waals surface area contributed by atoms with E-state index >= 15 is 0 Å². The number of nitrogens with zero attached hydrogens (tertiary/aromatic N) is 3. The predicted molar refractivity (Wildman–Crippen MR) is 81.6 cm³/mol. The van der Waals surface area contributed by atoms with Crippen molar-refractivity contribution in [1.29, 1.82) is 0 Å². The first-order valence-corrected chi connectivity index (χ1v) is 8.14. The highest BCUT2D eigenvalue weighted by Crippen LogP contribution is 2.38. The molecule has 3 fully saturated rings. The fourth-order valence-corrected chi connectivity index (χ4v) is 3.52. The second kappa shape index (κ2) is 5.51. The molecule has 1 saturated carbocycles. The molecule has 2 unspecified atom stereocenters. The molecule has 0 amide bonds. The highest BCUT2D eigenvalue weighted by Gasteiger charge is 2.32. The largest absolute Gasteiger partial charge is 0.356 e. The van der Waals surface area contributed by atoms with Gasteiger partial charge in [-0.15, -0.1) is 0 Å². The zero-order valence-electron chi connectivity index (χ0n) is 12.3. The summed E-state index contributed by atoms with van der Waals surface area (Å²) in [4.78, 5) is 11.6. The second-order valence-corrected chi connectivity index (χ2v) is 6.61. The van der Waals surface area contributed by atoms with Crippen LogP contribution in [-0.2, 0) is 0 Å². The van der Waals surface area contributed by atoms with Crippen molar-refractivity contribution in [2.45, 2.75) is 50.2 Å². The van der Waals surface area contributed by atoms with Crippen LogP contribution in [0, 0.1) is 5.92 Å². The van der Waals surface area contributed by atoms with E-state index in [4.69, 9.17) is 10.7 Å². The molecule has 0 radical (unpaired) electrons. The van der Waals surface area contributed by atoms with Crippen molar-refractivity contribution < 1.29 is 0 Å². The van der Waals surface area contributed by atoms with Gasteiger partial charge in [0.25, 0.3) is 0 Å². The molecule has 2 saturated heterocycles. The Kier molecular flexibility index (Phi) is 3.52. The van der Waals surface area contributed by atoms with Gasteiger partial charge in [0.05, 0.1) is 6.17 Å². The summed E-state index contributed by atoms with van der Waals surface area (Å²) in [6.07, 6.45) is 7.98. The fraction of sp³-hybridized carbons (Fsp3) is 0.733. The fourth-order valence-electron chi connectivity index (χ4n) is 3.52. The minimum atomic E-state index is 0.107. The lowest BCUT2D eigenvalue weighted by molar-refractivity contribution is 0.310. The van der Waals surface area contributed by atoms with Gasteiger partial charge in [-0.3, -0.25) is 5.43 Å². The standard InChI is InChI=1S/C15H24N6/c16-13-9-12(19-20-13)10-4-7-21(8-5-10)14-3-6-17-15(18-14)11-1-2-11/h3,6,10-13,19-20H,1-2,4-5,7-9,16H2. The smallest absolute Gasteiger partial charge is 0.133 e. The number of nitrogens with one attached hydrogen (secondary N) is 2. The molecule has 3 heterocycles. The maximum atomic E-state index is 5.90. The highest BCUT2D eigenvalue weighted by atomic mass is 15.4. The summed E-state index contributed by atoms with van der Waals surface area (Å²) < 4.78 is 0. The number of piperidine rings is 1. The monoisotopic (exact) mass is 288 g/mol. The molecule has 3 aliphatic rings. The molecule has 4 N–H and O–H groups in total. The first-order valence-electron chi connectivity index (χ1n) is 8.14. The molecule has 2 aliphatic heterocycles. The summed E-state index contributed by atoms with van der Waals surface area (Å²) >= 11 is 0. The number of rotatable bonds is 3. The minimum Gasteiger partial charge on any atom is -0.356 e. The van der Waals surface area contributed by atoms with Crippen LogP contribution in [0.15, 0.2) is 12.3 Å². The van der Waals surface area contributed by atoms with Crippen LogP contribution >= 0.6 is 0 Å². The van der Waals surface area contributed by atoms with Crippen molar-refractivity contribution >= 4 is 5.82 Å². The van der Waals surface area contributed by atoms with E-state index in [1.54, 1.807) is 0 Å². The Bertz CT molecular complexity index is 495. The van der Waals surface area contributed by atoms with Crippen LogP contribution in [0.3, 0.4) is 0 Å². The van der Waals surface area contributed by atoms with Gasteiger partial charge in [-0.25, -0.2) is 15.4 Å². The third-order valence-electron chi connectivity index (χ3n) is 5.00. The van der Waals surface area contributed by atoms with Crippen LogP contribution in [0.1, 0.15) is 43.8 Å². The predicted octanol–water partition coefficient (Wildman–Crippen LogP) is 0.722. The Morgan fingerprint density at radius 2 is 1.95 bits per heavy atom. The van der Waals surface area contributed by atoms with Crippen LogP contribution in [0.2, 0.25) is 0 Å². The van der Waals surface area contributed by atoms with Gasteiger partial charge in [-0.2, -0.15) is 0 Å². The number of nitrogens with two attached hydrogens (primary N) is 1. The Labute approximate surface area is 125 Å². The van der Waals surface area contributed by atoms with E-state index in [1.165, 1.54) is 25.7 Å². The second-order valence-electron chi connectivity index (χ2n) is 6.61. The number of hydrazine groups is 1. The van der Waals surface area contributed by atoms with E-state index in [-0.39, 0.29) is 6.17 Å². The van der Waals surface area contributed by atoms with Gasteiger partial charge in [0.1, 0.15) is 11.6 Å². The topological polar surface area (TPSA) is 79.1 Å². The Balaban J connectivity index is 1.37. The first kappa shape index (κ1) is 13.4. The quantitative estimate of drug-likeness (QED) is 0.761. The summed E-state index contributed by atoms with van der Waals surface area (Å²) in [5, 5.41) is 0. The summed E-state index contributed by atoms with van der Waals surface area (Å²) in [5.41, 5.74) is 12.4. The van der Waals surface area contributed by atoms with E-state index in [0.717, 1.165) is 31.2 Å². The van der Waals surface area contributed by atoms with Crippen molar-refractivity contribution in [2.75, 3.05) is 18.0 Å². The SMILES string of the molecule is NC1CC(C2CCN(c3ccnc(C4CC4)n3)CC2)NN1. The Morgan fingerprint density at radius 1 is 1.14 bits per heavy atom. The van der Waals surface area contributed by atoms with E-state index in [1.807, 2.05) is 6.20 Å². The van der Waals surface area contributed by atoms with Crippen molar-refractivity contribution in [2.24, 2.45) is 11.7 Å². The Hall–Kier alpha value is -1.24. The number of hydrogen-bond donors (Lipinski definition) is 3. The Morgan fingerprint density at radius 3 is 2.62 bits per heavy atom. The van der Waals surface area contributed by atoms with Crippen molar-refractivity contribution in [3.63, 3.8) is 0 Å². The van der Waals surface area contributed by atoms with Gasteiger partial charge in [-0.05, 0) is 44.1 Å². The molecule has 0 aromatic carbocycles. The molecule has 2 atom stereocenters. The molecule has 0 bridgehead atoms. The van der Waals surface area contributed by atoms with E-state index in [9.17, 15) is 0 Å². The van der Waals surface area contributed by atoms with Crippen LogP contribution in [0.4, 0.5) is 5.82 Å². The molecule has 1 aliphatic carbocycles. The number of hydrogen-bond acceptors (Lipinski definition) is 6. The lowest BCUT2D eigenvalue weighted by atomic mass is 9.88. The van der Waals surface area contributed by atoms with Crippen molar-refractivity contribution in [3.05, 3.63) is 18.1 Å². The molecular weight excluding hydrogens is 264 g/mol. The number of aromatic nitrogens is 2. The molecule has 1 aromatic rings. The summed E-state index contributed by atoms with van der Waals surface area (Å²) in [6.45, 7) is 2.17. The average Bonchev–Trinajstić information content (AvgIpc) is 3.29. The molecule has 21 heavy (non-hydrogen) atoms. The van der Waals surface area contributed by atoms with Gasteiger partial charge >= 0.3 is 0 Å². The minimum absolute atomic E-state index is 0.107. The first-order chi connectivity index (χ1) is 10.3. The van der Waals surface area contributed by atoms with Crippen LogP contribution in [-0.4, -0.2) is 35.3 Å².